The predicted molar refractivity (Wildman–Crippen MR) is 109 cm³/mol. The van der Waals surface area contributed by atoms with Crippen LogP contribution in [0.2, 0.25) is 0 Å². The zero-order valence-corrected chi connectivity index (χ0v) is 17.4. The van der Waals surface area contributed by atoms with Gasteiger partial charge in [0.05, 0.1) is 0 Å². The molecule has 6 nitrogen and oxygen atoms in total. The van der Waals surface area contributed by atoms with E-state index in [0.29, 0.717) is 32.2 Å². The summed E-state index contributed by atoms with van der Waals surface area (Å²) in [4.78, 5) is 23.4. The van der Waals surface area contributed by atoms with Crippen molar-refractivity contribution in [2.24, 2.45) is 0 Å². The lowest BCUT2D eigenvalue weighted by Gasteiger charge is -2.35. The van der Waals surface area contributed by atoms with E-state index in [1.807, 2.05) is 38.2 Å². The van der Waals surface area contributed by atoms with Crippen molar-refractivity contribution in [1.29, 1.82) is 0 Å². The number of alkyl carbamates (subject to hydrolysis) is 1. The molecule has 0 aromatic heterocycles. The lowest BCUT2D eigenvalue weighted by atomic mass is 9.81. The average molecular weight is 381 g/mol. The molecule has 0 saturated heterocycles. The summed E-state index contributed by atoms with van der Waals surface area (Å²) in [5, 5.41) is 15.7. The Hall–Kier alpha value is -2.08. The van der Waals surface area contributed by atoms with Crippen LogP contribution in [-0.4, -0.2) is 40.9 Å². The fourth-order valence-corrected chi connectivity index (χ4v) is 2.52. The summed E-state index contributed by atoms with van der Waals surface area (Å²) in [6.07, 6.45) is 10.9. The number of ether oxygens (including phenoxy) is 1. The number of amides is 2. The second-order valence-electron chi connectivity index (χ2n) is 7.46. The molecule has 6 heteroatoms. The Balaban J connectivity index is 0.000000821. The minimum Gasteiger partial charge on any atom is -0.444 e. The molecule has 0 atom stereocenters. The van der Waals surface area contributed by atoms with Crippen molar-refractivity contribution in [3.8, 4) is 0 Å². The predicted octanol–water partition coefficient (Wildman–Crippen LogP) is 3.63. The standard InChI is InChI=1S/C14H26N2O4.C7H10/c1-5-15-11(17)14(19)8-6-10(7-9-14)16-12(18)20-13(2,3)4;1-3-5-7-6-4-2/h10,19H,5-9H2,1-4H3,(H,15,17)(H,16,18);3-7H,1H2,2H3/b;6-4-,7-5-. The maximum atomic E-state index is 11.8. The summed E-state index contributed by atoms with van der Waals surface area (Å²) in [6, 6.07) is -0.0560. The molecule has 2 amide bonds. The minimum atomic E-state index is -1.30. The number of hydrogen-bond acceptors (Lipinski definition) is 4. The molecule has 0 spiro atoms. The summed E-state index contributed by atoms with van der Waals surface area (Å²) in [6.45, 7) is 13.2. The average Bonchev–Trinajstić information content (AvgIpc) is 2.57. The summed E-state index contributed by atoms with van der Waals surface area (Å²) < 4.78 is 5.19. The molecule has 1 fully saturated rings. The van der Waals surface area contributed by atoms with Crippen LogP contribution in [0, 0.1) is 0 Å². The maximum absolute atomic E-state index is 11.8. The van der Waals surface area contributed by atoms with Crippen LogP contribution in [0.5, 0.6) is 0 Å². The monoisotopic (exact) mass is 380 g/mol. The SMILES string of the molecule is C=C/C=C\C=C/C.CCNC(=O)C1(O)CCC(NC(=O)OC(C)(C)C)CC1. The third kappa shape index (κ3) is 11.3. The number of carbonyl (C=O) groups is 2. The van der Waals surface area contributed by atoms with Crippen LogP contribution in [-0.2, 0) is 9.53 Å². The van der Waals surface area contributed by atoms with Crippen molar-refractivity contribution in [1.82, 2.24) is 10.6 Å². The first-order chi connectivity index (χ1) is 12.6. The van der Waals surface area contributed by atoms with Crippen LogP contribution >= 0.6 is 0 Å². The van der Waals surface area contributed by atoms with E-state index in [0.717, 1.165) is 0 Å². The minimum absolute atomic E-state index is 0.0560. The van der Waals surface area contributed by atoms with Gasteiger partial charge in [-0.3, -0.25) is 4.79 Å². The number of hydrogen-bond donors (Lipinski definition) is 3. The molecule has 3 N–H and O–H groups in total. The van der Waals surface area contributed by atoms with Crippen LogP contribution < -0.4 is 10.6 Å². The zero-order chi connectivity index (χ0) is 20.9. The Labute approximate surface area is 163 Å². The molecule has 154 valence electrons. The van der Waals surface area contributed by atoms with E-state index >= 15 is 0 Å². The molecule has 0 heterocycles. The molecule has 0 aromatic rings. The normalized spacial score (nSPS) is 22.7. The number of carbonyl (C=O) groups excluding carboxylic acids is 2. The first kappa shape index (κ1) is 24.9. The Morgan fingerprint density at radius 3 is 2.26 bits per heavy atom. The Kier molecular flexibility index (Phi) is 11.4. The lowest BCUT2D eigenvalue weighted by Crippen LogP contribution is -2.52. The number of allylic oxidation sites excluding steroid dienone is 5. The van der Waals surface area contributed by atoms with Gasteiger partial charge >= 0.3 is 6.09 Å². The quantitative estimate of drug-likeness (QED) is 0.636. The molecule has 27 heavy (non-hydrogen) atoms. The molecule has 1 rings (SSSR count). The van der Waals surface area contributed by atoms with Gasteiger partial charge in [-0.1, -0.05) is 37.0 Å². The summed E-state index contributed by atoms with van der Waals surface area (Å²) in [7, 11) is 0. The van der Waals surface area contributed by atoms with Gasteiger partial charge in [0, 0.05) is 12.6 Å². The maximum Gasteiger partial charge on any atom is 0.407 e. The highest BCUT2D eigenvalue weighted by Gasteiger charge is 2.40. The molecule has 1 aliphatic carbocycles. The van der Waals surface area contributed by atoms with E-state index in [-0.39, 0.29) is 11.9 Å². The zero-order valence-electron chi connectivity index (χ0n) is 17.4. The Bertz CT molecular complexity index is 525. The van der Waals surface area contributed by atoms with Gasteiger partial charge in [0.25, 0.3) is 5.91 Å². The molecule has 0 aromatic carbocycles. The van der Waals surface area contributed by atoms with Gasteiger partial charge in [0.2, 0.25) is 0 Å². The summed E-state index contributed by atoms with van der Waals surface area (Å²) in [5.74, 6) is -0.323. The third-order valence-electron chi connectivity index (χ3n) is 3.84. The van der Waals surface area contributed by atoms with Crippen molar-refractivity contribution in [3.63, 3.8) is 0 Å². The third-order valence-corrected chi connectivity index (χ3v) is 3.84. The van der Waals surface area contributed by atoms with E-state index < -0.39 is 17.3 Å². The highest BCUT2D eigenvalue weighted by atomic mass is 16.6. The smallest absolute Gasteiger partial charge is 0.407 e. The number of rotatable bonds is 5. The van der Waals surface area contributed by atoms with E-state index in [4.69, 9.17) is 4.74 Å². The largest absolute Gasteiger partial charge is 0.444 e. The van der Waals surface area contributed by atoms with Gasteiger partial charge in [-0.15, -0.1) is 0 Å². The molecule has 0 aliphatic heterocycles. The first-order valence-corrected chi connectivity index (χ1v) is 9.48. The first-order valence-electron chi connectivity index (χ1n) is 9.48. The van der Waals surface area contributed by atoms with Crippen molar-refractivity contribution < 1.29 is 19.4 Å². The highest BCUT2D eigenvalue weighted by Crippen LogP contribution is 2.28. The van der Waals surface area contributed by atoms with Crippen molar-refractivity contribution in [3.05, 3.63) is 37.0 Å². The van der Waals surface area contributed by atoms with Crippen LogP contribution in [0.25, 0.3) is 0 Å². The van der Waals surface area contributed by atoms with Gasteiger partial charge in [-0.2, -0.15) is 0 Å². The highest BCUT2D eigenvalue weighted by molar-refractivity contribution is 5.85. The summed E-state index contributed by atoms with van der Waals surface area (Å²) in [5.41, 5.74) is -1.83. The molecule has 0 bridgehead atoms. The number of likely N-dealkylation sites (N-methyl/N-ethyl adjacent to an activating group) is 1. The number of aliphatic hydroxyl groups is 1. The van der Waals surface area contributed by atoms with Crippen LogP contribution in [0.1, 0.15) is 60.3 Å². The van der Waals surface area contributed by atoms with Crippen molar-refractivity contribution in [2.75, 3.05) is 6.54 Å². The van der Waals surface area contributed by atoms with Crippen LogP contribution in [0.4, 0.5) is 4.79 Å². The second kappa shape index (κ2) is 12.3. The van der Waals surface area contributed by atoms with E-state index in [1.54, 1.807) is 26.8 Å². The van der Waals surface area contributed by atoms with E-state index in [1.165, 1.54) is 0 Å². The summed E-state index contributed by atoms with van der Waals surface area (Å²) >= 11 is 0. The van der Waals surface area contributed by atoms with Gasteiger partial charge in [0.1, 0.15) is 11.2 Å². The van der Waals surface area contributed by atoms with Gasteiger partial charge in [-0.05, 0) is 60.3 Å². The molecule has 1 aliphatic rings. The topological polar surface area (TPSA) is 87.7 Å². The van der Waals surface area contributed by atoms with Gasteiger partial charge < -0.3 is 20.5 Å². The van der Waals surface area contributed by atoms with Crippen LogP contribution in [0.15, 0.2) is 37.0 Å². The van der Waals surface area contributed by atoms with Gasteiger partial charge in [0.15, 0.2) is 0 Å². The second-order valence-corrected chi connectivity index (χ2v) is 7.46. The fourth-order valence-electron chi connectivity index (χ4n) is 2.52. The molecular weight excluding hydrogens is 344 g/mol. The van der Waals surface area contributed by atoms with Crippen molar-refractivity contribution in [2.45, 2.75) is 77.5 Å². The molecule has 0 radical (unpaired) electrons. The van der Waals surface area contributed by atoms with Crippen molar-refractivity contribution >= 4 is 12.0 Å². The van der Waals surface area contributed by atoms with Crippen LogP contribution in [0.3, 0.4) is 0 Å². The Morgan fingerprint density at radius 2 is 1.81 bits per heavy atom. The Morgan fingerprint density at radius 1 is 1.22 bits per heavy atom. The lowest BCUT2D eigenvalue weighted by molar-refractivity contribution is -0.143. The molecular formula is C21H36N2O4. The number of nitrogens with one attached hydrogen (secondary N) is 2. The fraction of sp³-hybridized carbons (Fsp3) is 0.619. The van der Waals surface area contributed by atoms with Gasteiger partial charge in [-0.25, -0.2) is 4.79 Å². The molecule has 0 unspecified atom stereocenters. The van der Waals surface area contributed by atoms with E-state index in [2.05, 4.69) is 17.2 Å². The molecule has 1 saturated carbocycles. The van der Waals surface area contributed by atoms with E-state index in [9.17, 15) is 14.7 Å².